The first-order valence-corrected chi connectivity index (χ1v) is 6.76. The largest absolute Gasteiger partial charge is 0.306 e. The molecule has 0 spiro atoms. The van der Waals surface area contributed by atoms with Crippen LogP contribution in [0.15, 0.2) is 59.5 Å². The molecule has 0 saturated carbocycles. The molecule has 0 fully saturated rings. The molecule has 0 aliphatic heterocycles. The van der Waals surface area contributed by atoms with Crippen LogP contribution in [0.2, 0.25) is 0 Å². The van der Waals surface area contributed by atoms with Crippen LogP contribution in [0.5, 0.6) is 0 Å². The van der Waals surface area contributed by atoms with Gasteiger partial charge < -0.3 is 4.98 Å². The molecule has 22 heavy (non-hydrogen) atoms. The third kappa shape index (κ3) is 1.95. The molecule has 0 amide bonds. The fourth-order valence-electron chi connectivity index (χ4n) is 2.49. The summed E-state index contributed by atoms with van der Waals surface area (Å²) in [6.07, 6.45) is 1.61. The van der Waals surface area contributed by atoms with E-state index in [2.05, 4.69) is 15.0 Å². The molecule has 5 heteroatoms. The first-order chi connectivity index (χ1) is 10.7. The van der Waals surface area contributed by atoms with Crippen molar-refractivity contribution < 1.29 is 4.39 Å². The van der Waals surface area contributed by atoms with Crippen LogP contribution >= 0.6 is 0 Å². The zero-order valence-corrected chi connectivity index (χ0v) is 11.4. The summed E-state index contributed by atoms with van der Waals surface area (Å²) in [6, 6.07) is 13.6. The van der Waals surface area contributed by atoms with Crippen molar-refractivity contribution in [3.8, 4) is 11.4 Å². The van der Waals surface area contributed by atoms with Crippen molar-refractivity contribution >= 4 is 21.8 Å². The van der Waals surface area contributed by atoms with Gasteiger partial charge in [0.05, 0.1) is 22.0 Å². The van der Waals surface area contributed by atoms with Gasteiger partial charge in [-0.25, -0.2) is 9.37 Å². The van der Waals surface area contributed by atoms with E-state index >= 15 is 0 Å². The molecule has 0 radical (unpaired) electrons. The van der Waals surface area contributed by atoms with E-state index in [4.69, 9.17) is 0 Å². The van der Waals surface area contributed by atoms with Crippen LogP contribution in [0, 0.1) is 5.82 Å². The number of hydrogen-bond acceptors (Lipinski definition) is 3. The molecule has 106 valence electrons. The number of fused-ring (bicyclic) bond motifs is 2. The maximum absolute atomic E-state index is 14.3. The lowest BCUT2D eigenvalue weighted by Gasteiger charge is -2.06. The first kappa shape index (κ1) is 12.6. The zero-order valence-electron chi connectivity index (χ0n) is 11.4. The molecule has 4 rings (SSSR count). The number of aromatic nitrogens is 3. The Balaban J connectivity index is 2.02. The van der Waals surface area contributed by atoms with Crippen LogP contribution in [-0.2, 0) is 0 Å². The van der Waals surface area contributed by atoms with E-state index < -0.39 is 5.82 Å². The molecule has 4 aromatic rings. The van der Waals surface area contributed by atoms with Gasteiger partial charge in [0.15, 0.2) is 0 Å². The third-order valence-corrected chi connectivity index (χ3v) is 3.56. The fourth-order valence-corrected chi connectivity index (χ4v) is 2.49. The molecular weight excluding hydrogens is 281 g/mol. The summed E-state index contributed by atoms with van der Waals surface area (Å²) in [4.78, 5) is 23.2. The van der Waals surface area contributed by atoms with E-state index in [0.717, 1.165) is 5.39 Å². The lowest BCUT2D eigenvalue weighted by atomic mass is 10.1. The van der Waals surface area contributed by atoms with Gasteiger partial charge in [-0.2, -0.15) is 0 Å². The van der Waals surface area contributed by atoms with Crippen molar-refractivity contribution in [2.24, 2.45) is 0 Å². The lowest BCUT2D eigenvalue weighted by Crippen LogP contribution is -2.10. The van der Waals surface area contributed by atoms with Gasteiger partial charge >= 0.3 is 0 Å². The van der Waals surface area contributed by atoms with Crippen LogP contribution in [0.3, 0.4) is 0 Å². The van der Waals surface area contributed by atoms with E-state index in [-0.39, 0.29) is 16.9 Å². The number of H-pyrrole nitrogens is 1. The minimum absolute atomic E-state index is 0.215. The third-order valence-electron chi connectivity index (χ3n) is 3.56. The maximum Gasteiger partial charge on any atom is 0.259 e. The van der Waals surface area contributed by atoms with Gasteiger partial charge in [0.2, 0.25) is 0 Å². The molecule has 0 bridgehead atoms. The number of aromatic amines is 1. The number of benzene rings is 2. The molecular formula is C17H10FN3O. The SMILES string of the molecule is O=c1[nH]c(-c2cc3cccnc3cc2F)nc2ccccc12. The van der Waals surface area contributed by atoms with Crippen LogP contribution in [0.4, 0.5) is 4.39 Å². The predicted molar refractivity (Wildman–Crippen MR) is 83.1 cm³/mol. The van der Waals surface area contributed by atoms with Crippen molar-refractivity contribution in [1.29, 1.82) is 0 Å². The van der Waals surface area contributed by atoms with E-state index in [0.29, 0.717) is 16.4 Å². The summed E-state index contributed by atoms with van der Waals surface area (Å²) in [6.45, 7) is 0. The van der Waals surface area contributed by atoms with Gasteiger partial charge in [-0.1, -0.05) is 18.2 Å². The topological polar surface area (TPSA) is 58.6 Å². The smallest absolute Gasteiger partial charge is 0.259 e. The normalized spacial score (nSPS) is 11.1. The van der Waals surface area contributed by atoms with E-state index in [1.807, 2.05) is 6.07 Å². The lowest BCUT2D eigenvalue weighted by molar-refractivity contribution is 0.631. The molecule has 0 atom stereocenters. The van der Waals surface area contributed by atoms with E-state index in [1.54, 1.807) is 42.6 Å². The van der Waals surface area contributed by atoms with Crippen LogP contribution < -0.4 is 5.56 Å². The summed E-state index contributed by atoms with van der Waals surface area (Å²) in [7, 11) is 0. The number of rotatable bonds is 1. The summed E-state index contributed by atoms with van der Waals surface area (Å²) in [5, 5.41) is 1.27. The Bertz CT molecular complexity index is 1070. The predicted octanol–water partition coefficient (Wildman–Crippen LogP) is 3.28. The highest BCUT2D eigenvalue weighted by Gasteiger charge is 2.11. The molecule has 2 aromatic heterocycles. The molecule has 0 aliphatic rings. The second kappa shape index (κ2) is 4.73. The van der Waals surface area contributed by atoms with Crippen molar-refractivity contribution in [2.45, 2.75) is 0 Å². The summed E-state index contributed by atoms with van der Waals surface area (Å²) in [5.41, 5.74) is 1.06. The van der Waals surface area contributed by atoms with Gasteiger partial charge in [0.25, 0.3) is 5.56 Å². The van der Waals surface area contributed by atoms with Crippen LogP contribution in [0.25, 0.3) is 33.2 Å². The highest BCUT2D eigenvalue weighted by molar-refractivity contribution is 5.85. The standard InChI is InChI=1S/C17H10FN3O/c18-13-9-15-10(4-3-7-19-15)8-12(13)16-20-14-6-2-1-5-11(14)17(22)21-16/h1-9H,(H,20,21,22). The Morgan fingerprint density at radius 2 is 1.86 bits per heavy atom. The highest BCUT2D eigenvalue weighted by atomic mass is 19.1. The van der Waals surface area contributed by atoms with Crippen LogP contribution in [-0.4, -0.2) is 15.0 Å². The number of nitrogens with one attached hydrogen (secondary N) is 1. The number of para-hydroxylation sites is 1. The Labute approximate surface area is 124 Å². The van der Waals surface area contributed by atoms with E-state index in [9.17, 15) is 9.18 Å². The van der Waals surface area contributed by atoms with Gasteiger partial charge in [-0.15, -0.1) is 0 Å². The molecule has 0 saturated heterocycles. The minimum atomic E-state index is -0.468. The van der Waals surface area contributed by atoms with Crippen LogP contribution in [0.1, 0.15) is 0 Å². The maximum atomic E-state index is 14.3. The number of halogens is 1. The van der Waals surface area contributed by atoms with Crippen molar-refractivity contribution in [2.75, 3.05) is 0 Å². The quantitative estimate of drug-likeness (QED) is 0.585. The highest BCUT2D eigenvalue weighted by Crippen LogP contribution is 2.24. The molecule has 0 unspecified atom stereocenters. The molecule has 2 aromatic carbocycles. The molecule has 4 nitrogen and oxygen atoms in total. The minimum Gasteiger partial charge on any atom is -0.306 e. The zero-order chi connectivity index (χ0) is 15.1. The summed E-state index contributed by atoms with van der Waals surface area (Å²) in [5.74, 6) is -0.253. The average Bonchev–Trinajstić information content (AvgIpc) is 2.54. The second-order valence-electron chi connectivity index (χ2n) is 4.96. The Hall–Kier alpha value is -3.08. The first-order valence-electron chi connectivity index (χ1n) is 6.76. The van der Waals surface area contributed by atoms with Gasteiger partial charge in [0.1, 0.15) is 11.6 Å². The average molecular weight is 291 g/mol. The van der Waals surface area contributed by atoms with E-state index in [1.165, 1.54) is 6.07 Å². The monoisotopic (exact) mass is 291 g/mol. The van der Waals surface area contributed by atoms with Crippen molar-refractivity contribution in [3.63, 3.8) is 0 Å². The number of pyridine rings is 1. The number of hydrogen-bond donors (Lipinski definition) is 1. The summed E-state index contributed by atoms with van der Waals surface area (Å²) < 4.78 is 14.3. The Morgan fingerprint density at radius 1 is 1.00 bits per heavy atom. The molecule has 2 heterocycles. The summed E-state index contributed by atoms with van der Waals surface area (Å²) >= 11 is 0. The Morgan fingerprint density at radius 3 is 2.77 bits per heavy atom. The number of nitrogens with zero attached hydrogens (tertiary/aromatic N) is 2. The molecule has 0 aliphatic carbocycles. The van der Waals surface area contributed by atoms with Gasteiger partial charge in [-0.05, 0) is 24.3 Å². The molecule has 1 N–H and O–H groups in total. The Kier molecular flexibility index (Phi) is 2.72. The van der Waals surface area contributed by atoms with Gasteiger partial charge in [-0.3, -0.25) is 9.78 Å². The van der Waals surface area contributed by atoms with Gasteiger partial charge in [0, 0.05) is 17.6 Å². The van der Waals surface area contributed by atoms with Crippen molar-refractivity contribution in [1.82, 2.24) is 15.0 Å². The fraction of sp³-hybridized carbons (Fsp3) is 0. The second-order valence-corrected chi connectivity index (χ2v) is 4.96. The van der Waals surface area contributed by atoms with Crippen molar-refractivity contribution in [3.05, 3.63) is 70.9 Å².